The van der Waals surface area contributed by atoms with Crippen LogP contribution in [-0.2, 0) is 36.0 Å². The first-order chi connectivity index (χ1) is 20.2. The lowest BCUT2D eigenvalue weighted by atomic mass is 9.66. The molecule has 2 aromatic rings. The molecule has 0 aliphatic heterocycles. The van der Waals surface area contributed by atoms with Crippen LogP contribution in [0.15, 0.2) is 78.9 Å². The van der Waals surface area contributed by atoms with Gasteiger partial charge in [0.05, 0.1) is 24.2 Å². The number of thioether (sulfide) groups is 1. The molecule has 0 radical (unpaired) electrons. The topological polar surface area (TPSA) is 102 Å². The Kier molecular flexibility index (Phi) is 12.9. The molecule has 228 valence electrons. The fraction of sp³-hybridized carbons (Fsp3) is 0.455. The number of unbranched alkanes of at least 4 members (excludes halogenated alkanes) is 1. The van der Waals surface area contributed by atoms with E-state index in [0.717, 1.165) is 23.1 Å². The third kappa shape index (κ3) is 8.14. The molecule has 2 N–H and O–H groups in total. The first-order valence-corrected chi connectivity index (χ1v) is 17.6. The molecule has 7 nitrogen and oxygen atoms in total. The van der Waals surface area contributed by atoms with Crippen molar-refractivity contribution in [3.63, 3.8) is 0 Å². The molecule has 2 aromatic carbocycles. The number of hydrogen-bond donors (Lipinski definition) is 2. The van der Waals surface area contributed by atoms with Crippen molar-refractivity contribution >= 4 is 33.5 Å². The molecule has 0 saturated heterocycles. The van der Waals surface area contributed by atoms with Crippen molar-refractivity contribution in [2.24, 2.45) is 5.92 Å². The zero-order chi connectivity index (χ0) is 30.6. The highest BCUT2D eigenvalue weighted by molar-refractivity contribution is 7.98. The standard InChI is InChI=1S/C33H44N2O5S2/c1-5-6-24-42(38,39)32(34-22-19-26-15-8-7-9-16-26)33(27-17-11-10-14-25(27)2)21-13-12-18-28(33)30(36)35-29(20-23-41-4)31(37)40-3/h7-18,21,28-29,32,34H,5-6,19-20,22-24H2,1-4H3,(H,35,36). The molecule has 0 aromatic heterocycles. The monoisotopic (exact) mass is 612 g/mol. The van der Waals surface area contributed by atoms with E-state index in [1.54, 1.807) is 23.9 Å². The second kappa shape index (κ2) is 16.1. The summed E-state index contributed by atoms with van der Waals surface area (Å²) in [5.74, 6) is -1.21. The van der Waals surface area contributed by atoms with Gasteiger partial charge >= 0.3 is 5.97 Å². The number of benzene rings is 2. The normalized spacial score (nSPS) is 19.7. The number of aryl methyl sites for hydroxylation is 1. The molecule has 4 unspecified atom stereocenters. The quantitative estimate of drug-likeness (QED) is 0.264. The van der Waals surface area contributed by atoms with Gasteiger partial charge in [0, 0.05) is 6.54 Å². The number of allylic oxidation sites excluding steroid dienone is 2. The Bertz CT molecular complexity index is 1340. The van der Waals surface area contributed by atoms with E-state index in [4.69, 9.17) is 4.74 Å². The van der Waals surface area contributed by atoms with Crippen LogP contribution in [0.2, 0.25) is 0 Å². The average molecular weight is 613 g/mol. The largest absolute Gasteiger partial charge is 0.467 e. The second-order valence-corrected chi connectivity index (χ2v) is 13.8. The van der Waals surface area contributed by atoms with Crippen molar-refractivity contribution in [3.05, 3.63) is 95.6 Å². The van der Waals surface area contributed by atoms with Gasteiger partial charge in [0.2, 0.25) is 5.91 Å². The van der Waals surface area contributed by atoms with Gasteiger partial charge in [-0.25, -0.2) is 13.2 Å². The lowest BCUT2D eigenvalue weighted by Crippen LogP contribution is -2.60. The summed E-state index contributed by atoms with van der Waals surface area (Å²) < 4.78 is 33.5. The smallest absolute Gasteiger partial charge is 0.328 e. The number of esters is 1. The predicted octanol–water partition coefficient (Wildman–Crippen LogP) is 4.76. The van der Waals surface area contributed by atoms with Gasteiger partial charge in [-0.2, -0.15) is 11.8 Å². The van der Waals surface area contributed by atoms with Crippen LogP contribution in [-0.4, -0.2) is 63.1 Å². The molecule has 42 heavy (non-hydrogen) atoms. The third-order valence-electron chi connectivity index (χ3n) is 7.77. The maximum Gasteiger partial charge on any atom is 0.328 e. The minimum Gasteiger partial charge on any atom is -0.467 e. The molecular weight excluding hydrogens is 569 g/mol. The molecule has 3 rings (SSSR count). The number of carbonyl (C=O) groups is 2. The lowest BCUT2D eigenvalue weighted by Gasteiger charge is -2.45. The Morgan fingerprint density at radius 2 is 1.79 bits per heavy atom. The van der Waals surface area contributed by atoms with Crippen molar-refractivity contribution in [1.29, 1.82) is 0 Å². The van der Waals surface area contributed by atoms with Crippen LogP contribution >= 0.6 is 11.8 Å². The predicted molar refractivity (Wildman–Crippen MR) is 172 cm³/mol. The molecule has 0 heterocycles. The fourth-order valence-corrected chi connectivity index (χ4v) is 8.32. The third-order valence-corrected chi connectivity index (χ3v) is 10.5. The van der Waals surface area contributed by atoms with E-state index in [0.29, 0.717) is 31.6 Å². The summed E-state index contributed by atoms with van der Waals surface area (Å²) in [6.07, 6.45) is 11.4. The Labute approximate surface area is 255 Å². The molecule has 1 amide bonds. The summed E-state index contributed by atoms with van der Waals surface area (Å²) in [5, 5.41) is 5.23. The number of nitrogens with one attached hydrogen (secondary N) is 2. The van der Waals surface area contributed by atoms with Crippen LogP contribution in [0, 0.1) is 12.8 Å². The first-order valence-electron chi connectivity index (χ1n) is 14.5. The molecule has 1 aliphatic rings. The SMILES string of the molecule is CCCCS(=O)(=O)C(NCCc1ccccc1)C1(c2ccccc2C)C=CC=CC1C(=O)NC(CCSC)C(=O)OC. The Morgan fingerprint density at radius 3 is 2.45 bits per heavy atom. The van der Waals surface area contributed by atoms with Crippen molar-refractivity contribution in [1.82, 2.24) is 10.6 Å². The Morgan fingerprint density at radius 1 is 1.07 bits per heavy atom. The van der Waals surface area contributed by atoms with Crippen molar-refractivity contribution in [3.8, 4) is 0 Å². The van der Waals surface area contributed by atoms with Gasteiger partial charge in [-0.3, -0.25) is 10.1 Å². The van der Waals surface area contributed by atoms with Crippen LogP contribution in [0.1, 0.15) is 42.9 Å². The number of ether oxygens (including phenoxy) is 1. The van der Waals surface area contributed by atoms with E-state index >= 15 is 0 Å². The van der Waals surface area contributed by atoms with E-state index in [1.807, 2.05) is 86.9 Å². The van der Waals surface area contributed by atoms with E-state index in [2.05, 4.69) is 10.6 Å². The van der Waals surface area contributed by atoms with E-state index in [9.17, 15) is 18.0 Å². The van der Waals surface area contributed by atoms with Gasteiger partial charge in [-0.1, -0.05) is 92.2 Å². The minimum atomic E-state index is -3.76. The maximum atomic E-state index is 14.3. The number of methoxy groups -OCH3 is 1. The van der Waals surface area contributed by atoms with Crippen LogP contribution < -0.4 is 10.6 Å². The molecule has 4 atom stereocenters. The van der Waals surface area contributed by atoms with Gasteiger partial charge in [0.1, 0.15) is 11.4 Å². The van der Waals surface area contributed by atoms with Crippen molar-refractivity contribution < 1.29 is 22.7 Å². The number of rotatable bonds is 16. The molecule has 1 aliphatic carbocycles. The van der Waals surface area contributed by atoms with Crippen LogP contribution in [0.25, 0.3) is 0 Å². The van der Waals surface area contributed by atoms with E-state index in [1.165, 1.54) is 7.11 Å². The summed E-state index contributed by atoms with van der Waals surface area (Å²) in [5.41, 5.74) is 1.44. The lowest BCUT2D eigenvalue weighted by molar-refractivity contribution is -0.145. The van der Waals surface area contributed by atoms with E-state index in [-0.39, 0.29) is 5.75 Å². The fourth-order valence-electron chi connectivity index (χ4n) is 5.60. The van der Waals surface area contributed by atoms with Gasteiger partial charge < -0.3 is 10.1 Å². The molecular formula is C33H44N2O5S2. The van der Waals surface area contributed by atoms with Crippen LogP contribution in [0.5, 0.6) is 0 Å². The van der Waals surface area contributed by atoms with Gasteiger partial charge in [-0.15, -0.1) is 0 Å². The summed E-state index contributed by atoms with van der Waals surface area (Å²) in [6, 6.07) is 16.7. The number of carbonyl (C=O) groups excluding carboxylic acids is 2. The maximum absolute atomic E-state index is 14.3. The molecule has 0 bridgehead atoms. The summed E-state index contributed by atoms with van der Waals surface area (Å²) >= 11 is 1.57. The molecule has 0 fully saturated rings. The average Bonchev–Trinajstić information content (AvgIpc) is 3.00. The molecule has 0 spiro atoms. The first kappa shape index (κ1) is 33.6. The zero-order valence-electron chi connectivity index (χ0n) is 25.0. The van der Waals surface area contributed by atoms with Crippen LogP contribution in [0.3, 0.4) is 0 Å². The second-order valence-electron chi connectivity index (χ2n) is 10.6. The molecule has 9 heteroatoms. The highest BCUT2D eigenvalue weighted by Crippen LogP contribution is 2.44. The summed E-state index contributed by atoms with van der Waals surface area (Å²) in [4.78, 5) is 26.8. The summed E-state index contributed by atoms with van der Waals surface area (Å²) in [6.45, 7) is 4.30. The highest BCUT2D eigenvalue weighted by atomic mass is 32.2. The Hall–Kier alpha value is -2.88. The van der Waals surface area contributed by atoms with Crippen molar-refractivity contribution in [2.75, 3.05) is 31.4 Å². The van der Waals surface area contributed by atoms with Crippen molar-refractivity contribution in [2.45, 2.75) is 56.4 Å². The Balaban J connectivity index is 2.14. The minimum absolute atomic E-state index is 0.00939. The van der Waals surface area contributed by atoms with E-state index < -0.39 is 44.5 Å². The number of hydrogen-bond acceptors (Lipinski definition) is 7. The number of amides is 1. The van der Waals surface area contributed by atoms with Gasteiger partial charge in [0.25, 0.3) is 0 Å². The van der Waals surface area contributed by atoms with Gasteiger partial charge in [-0.05, 0) is 54.9 Å². The number of sulfone groups is 1. The van der Waals surface area contributed by atoms with Crippen LogP contribution in [0.4, 0.5) is 0 Å². The zero-order valence-corrected chi connectivity index (χ0v) is 26.7. The highest BCUT2D eigenvalue weighted by Gasteiger charge is 2.53. The summed E-state index contributed by atoms with van der Waals surface area (Å²) in [7, 11) is -2.46. The van der Waals surface area contributed by atoms with Gasteiger partial charge in [0.15, 0.2) is 9.84 Å². The molecule has 0 saturated carbocycles.